The van der Waals surface area contributed by atoms with Gasteiger partial charge >= 0.3 is 0 Å². The summed E-state index contributed by atoms with van der Waals surface area (Å²) in [5.41, 5.74) is 5.09. The Morgan fingerprint density at radius 2 is 1.76 bits per heavy atom. The average Bonchev–Trinajstić information content (AvgIpc) is 3.69. The molecule has 0 bridgehead atoms. The van der Waals surface area contributed by atoms with E-state index >= 15 is 0 Å². The Morgan fingerprint density at radius 1 is 1.07 bits per heavy atom. The summed E-state index contributed by atoms with van der Waals surface area (Å²) >= 11 is 0. The van der Waals surface area contributed by atoms with Crippen LogP contribution in [0, 0.1) is 12.7 Å². The van der Waals surface area contributed by atoms with Gasteiger partial charge in [0.1, 0.15) is 22.9 Å². The molecule has 0 saturated carbocycles. The number of anilines is 1. The summed E-state index contributed by atoms with van der Waals surface area (Å²) in [5.74, 6) is -0.799. The summed E-state index contributed by atoms with van der Waals surface area (Å²) in [5, 5.41) is 10.3. The fourth-order valence-electron chi connectivity index (χ4n) is 5.97. The number of aromatic amines is 1. The summed E-state index contributed by atoms with van der Waals surface area (Å²) < 4.78 is 46.5. The quantitative estimate of drug-likeness (QED) is 0.234. The van der Waals surface area contributed by atoms with Crippen LogP contribution in [0.5, 0.6) is 0 Å². The van der Waals surface area contributed by atoms with Gasteiger partial charge in [-0.25, -0.2) is 12.8 Å². The van der Waals surface area contributed by atoms with Crippen molar-refractivity contribution in [2.45, 2.75) is 25.7 Å². The van der Waals surface area contributed by atoms with Crippen LogP contribution in [0.25, 0.3) is 33.6 Å². The second-order valence-electron chi connectivity index (χ2n) is 11.7. The molecule has 238 valence electrons. The standard InChI is InChI=1S/C34H34FN5O5S/c1-20-7-9-22(10-8-20)32-31(33(41)36-2)26-16-25(29(18-30(26)45-32)39(3)46(4,43)44)23-6-5-15-40(19-23)34(42)28-17-27(37-38-28)21-11-13-24(35)14-12-21/h7-14,16-18,23H,5-6,15,19H2,1-4H3,(H,36,41)(H,37,38)/t23-/m1/s1. The highest BCUT2D eigenvalue weighted by Gasteiger charge is 2.32. The lowest BCUT2D eigenvalue weighted by atomic mass is 9.88. The van der Waals surface area contributed by atoms with Crippen molar-refractivity contribution in [3.8, 4) is 22.6 Å². The normalized spacial score (nSPS) is 15.2. The Bertz CT molecular complexity index is 2050. The number of hydrogen-bond acceptors (Lipinski definition) is 6. The van der Waals surface area contributed by atoms with E-state index in [1.165, 1.54) is 23.5 Å². The number of aromatic nitrogens is 2. The predicted molar refractivity (Wildman–Crippen MR) is 175 cm³/mol. The number of hydrogen-bond donors (Lipinski definition) is 2. The number of amides is 2. The molecule has 12 heteroatoms. The fraction of sp³-hybridized carbons (Fsp3) is 0.265. The number of fused-ring (bicyclic) bond motifs is 1. The van der Waals surface area contributed by atoms with Crippen LogP contribution < -0.4 is 9.62 Å². The molecule has 0 aliphatic carbocycles. The molecule has 2 aromatic heterocycles. The number of benzene rings is 3. The molecule has 0 radical (unpaired) electrons. The molecule has 1 saturated heterocycles. The molecule has 46 heavy (non-hydrogen) atoms. The lowest BCUT2D eigenvalue weighted by Gasteiger charge is -2.34. The summed E-state index contributed by atoms with van der Waals surface area (Å²) in [7, 11) is -0.638. The second-order valence-corrected chi connectivity index (χ2v) is 13.7. The van der Waals surface area contributed by atoms with Gasteiger partial charge in [-0.3, -0.25) is 19.0 Å². The van der Waals surface area contributed by atoms with Crippen LogP contribution >= 0.6 is 0 Å². The number of aryl methyl sites for hydroxylation is 1. The maximum Gasteiger partial charge on any atom is 0.271 e. The summed E-state index contributed by atoms with van der Waals surface area (Å²) in [6.45, 7) is 2.79. The second kappa shape index (κ2) is 12.1. The van der Waals surface area contributed by atoms with Gasteiger partial charge in [-0.2, -0.15) is 5.10 Å². The van der Waals surface area contributed by atoms with E-state index in [0.29, 0.717) is 82.0 Å². The van der Waals surface area contributed by atoms with Crippen molar-refractivity contribution in [3.63, 3.8) is 0 Å². The van der Waals surface area contributed by atoms with Crippen molar-refractivity contribution in [3.05, 3.63) is 94.9 Å². The number of likely N-dealkylation sites (tertiary alicyclic amines) is 1. The first-order valence-corrected chi connectivity index (χ1v) is 16.7. The molecule has 2 amide bonds. The number of furan rings is 1. The number of nitrogens with one attached hydrogen (secondary N) is 2. The molecule has 1 atom stereocenters. The van der Waals surface area contributed by atoms with E-state index in [-0.39, 0.29) is 23.5 Å². The third-order valence-electron chi connectivity index (χ3n) is 8.54. The largest absolute Gasteiger partial charge is 0.455 e. The van der Waals surface area contributed by atoms with Gasteiger partial charge in [0.2, 0.25) is 10.0 Å². The number of H-pyrrole nitrogens is 1. The molecule has 1 fully saturated rings. The summed E-state index contributed by atoms with van der Waals surface area (Å²) in [6, 6.07) is 18.6. The lowest BCUT2D eigenvalue weighted by molar-refractivity contribution is 0.0701. The minimum atomic E-state index is -3.67. The zero-order valence-corrected chi connectivity index (χ0v) is 26.7. The van der Waals surface area contributed by atoms with Crippen LogP contribution in [0.1, 0.15) is 50.7 Å². The summed E-state index contributed by atoms with van der Waals surface area (Å²) in [6.07, 6.45) is 2.50. The van der Waals surface area contributed by atoms with Gasteiger partial charge in [0.25, 0.3) is 11.8 Å². The average molecular weight is 644 g/mol. The van der Waals surface area contributed by atoms with E-state index < -0.39 is 10.0 Å². The molecule has 3 heterocycles. The number of carbonyl (C=O) groups excluding carboxylic acids is 2. The molecular formula is C34H34FN5O5S. The van der Waals surface area contributed by atoms with E-state index in [9.17, 15) is 22.4 Å². The van der Waals surface area contributed by atoms with Crippen LogP contribution in [0.15, 0.2) is 71.1 Å². The minimum absolute atomic E-state index is 0.240. The molecule has 6 rings (SSSR count). The molecule has 0 spiro atoms. The number of halogens is 1. The topological polar surface area (TPSA) is 129 Å². The van der Waals surface area contributed by atoms with E-state index in [1.54, 1.807) is 36.2 Å². The first kappa shape index (κ1) is 31.0. The van der Waals surface area contributed by atoms with Crippen molar-refractivity contribution in [1.82, 2.24) is 20.4 Å². The Balaban J connectivity index is 1.41. The van der Waals surface area contributed by atoms with Gasteiger partial charge in [-0.1, -0.05) is 29.8 Å². The van der Waals surface area contributed by atoms with Gasteiger partial charge < -0.3 is 14.6 Å². The van der Waals surface area contributed by atoms with Gasteiger partial charge in [0.15, 0.2) is 0 Å². The number of carbonyl (C=O) groups is 2. The van der Waals surface area contributed by atoms with Gasteiger partial charge in [-0.05, 0) is 61.7 Å². The van der Waals surface area contributed by atoms with Gasteiger partial charge in [0, 0.05) is 55.7 Å². The van der Waals surface area contributed by atoms with Crippen LogP contribution in [-0.4, -0.2) is 68.8 Å². The van der Waals surface area contributed by atoms with E-state index in [0.717, 1.165) is 11.8 Å². The zero-order chi connectivity index (χ0) is 32.7. The molecule has 1 aliphatic rings. The van der Waals surface area contributed by atoms with E-state index in [4.69, 9.17) is 4.42 Å². The predicted octanol–water partition coefficient (Wildman–Crippen LogP) is 5.71. The summed E-state index contributed by atoms with van der Waals surface area (Å²) in [4.78, 5) is 28.6. The molecule has 1 aliphatic heterocycles. The van der Waals surface area contributed by atoms with E-state index in [2.05, 4.69) is 15.5 Å². The highest BCUT2D eigenvalue weighted by Crippen LogP contribution is 2.42. The first-order chi connectivity index (χ1) is 21.9. The van der Waals surface area contributed by atoms with Crippen LogP contribution in [0.2, 0.25) is 0 Å². The first-order valence-electron chi connectivity index (χ1n) is 14.9. The van der Waals surface area contributed by atoms with Gasteiger partial charge in [-0.15, -0.1) is 0 Å². The molecule has 2 N–H and O–H groups in total. The third-order valence-corrected chi connectivity index (χ3v) is 9.73. The van der Waals surface area contributed by atoms with Crippen molar-refractivity contribution in [1.29, 1.82) is 0 Å². The number of rotatable bonds is 7. The number of piperidine rings is 1. The Labute approximate surface area is 266 Å². The van der Waals surface area contributed by atoms with Crippen molar-refractivity contribution < 1.29 is 26.8 Å². The monoisotopic (exact) mass is 643 g/mol. The Hall–Kier alpha value is -4.97. The Kier molecular flexibility index (Phi) is 8.15. The lowest BCUT2D eigenvalue weighted by Crippen LogP contribution is -2.39. The fourth-order valence-corrected chi connectivity index (χ4v) is 6.49. The van der Waals surface area contributed by atoms with Crippen LogP contribution in [0.3, 0.4) is 0 Å². The molecule has 0 unspecified atom stereocenters. The van der Waals surface area contributed by atoms with Crippen LogP contribution in [-0.2, 0) is 10.0 Å². The molecule has 3 aromatic carbocycles. The smallest absolute Gasteiger partial charge is 0.271 e. The Morgan fingerprint density at radius 3 is 2.43 bits per heavy atom. The van der Waals surface area contributed by atoms with Crippen molar-refractivity contribution >= 4 is 38.5 Å². The van der Waals surface area contributed by atoms with Crippen molar-refractivity contribution in [2.24, 2.45) is 0 Å². The van der Waals surface area contributed by atoms with Crippen LogP contribution in [0.4, 0.5) is 10.1 Å². The zero-order valence-electron chi connectivity index (χ0n) is 25.9. The maximum atomic E-state index is 13.7. The number of nitrogens with zero attached hydrogens (tertiary/aromatic N) is 3. The van der Waals surface area contributed by atoms with Crippen molar-refractivity contribution in [2.75, 3.05) is 37.7 Å². The minimum Gasteiger partial charge on any atom is -0.455 e. The highest BCUT2D eigenvalue weighted by atomic mass is 32.2. The van der Waals surface area contributed by atoms with E-state index in [1.807, 2.05) is 37.3 Å². The highest BCUT2D eigenvalue weighted by molar-refractivity contribution is 7.92. The number of sulfonamides is 1. The molecule has 10 nitrogen and oxygen atoms in total. The molecular weight excluding hydrogens is 609 g/mol. The third kappa shape index (κ3) is 5.87. The maximum absolute atomic E-state index is 13.7. The SMILES string of the molecule is CNC(=O)c1c(-c2ccc(C)cc2)oc2cc(N(C)S(C)(=O)=O)c([C@@H]3CCCN(C(=O)c4cc(-c5ccc(F)cc5)n[nH]4)C3)cc12. The molecule has 5 aromatic rings. The van der Waals surface area contributed by atoms with Gasteiger partial charge in [0.05, 0.1) is 23.2 Å².